The van der Waals surface area contributed by atoms with Crippen LogP contribution in [0.25, 0.3) is 16.8 Å². The number of halogens is 1. The highest BCUT2D eigenvalue weighted by molar-refractivity contribution is 5.96. The number of carbonyl (C=O) groups excluding carboxylic acids is 2. The SMILES string of the molecule is CCOC[C@H]1CCCN1C(=O)c1cccc(-c2cccc(-n3ncc(C(=O)OCC)c3[C@@H]3C[C@H]3c3cn(C)nn3)c2)c1F. The number of aromatic nitrogens is 5. The van der Waals surface area contributed by atoms with E-state index in [2.05, 4.69) is 15.4 Å². The number of hydrogen-bond donors (Lipinski definition) is 0. The van der Waals surface area contributed by atoms with Gasteiger partial charge in [0.1, 0.15) is 11.4 Å². The average Bonchev–Trinajstić information content (AvgIpc) is 3.33. The Hall–Kier alpha value is -4.38. The summed E-state index contributed by atoms with van der Waals surface area (Å²) in [6, 6.07) is 12.2. The highest BCUT2D eigenvalue weighted by atomic mass is 19.1. The first-order valence-electron chi connectivity index (χ1n) is 14.8. The fraction of sp³-hybridized carbons (Fsp3) is 0.406. The van der Waals surface area contributed by atoms with Gasteiger partial charge in [-0.1, -0.05) is 29.5 Å². The molecule has 0 unspecified atom stereocenters. The Kier molecular flexibility index (Phi) is 8.07. The second-order valence-electron chi connectivity index (χ2n) is 11.0. The molecule has 4 aromatic rings. The van der Waals surface area contributed by atoms with Gasteiger partial charge >= 0.3 is 5.97 Å². The lowest BCUT2D eigenvalue weighted by Crippen LogP contribution is -2.38. The number of hydrogen-bond acceptors (Lipinski definition) is 7. The standard InChI is InChI=1S/C32H35FN6O4/c1-4-42-19-22-11-8-14-38(22)31(40)24-13-7-12-23(29(24)33)20-9-6-10-21(15-20)39-30(27(17-34-39)32(41)43-5-2)26-16-25(26)28-18-37(3)36-35-28/h6-7,9-10,12-13,15,17-18,22,25-26H,4-5,8,11,14,16,19H2,1-3H3/t22-,25-,26-/m1/s1. The summed E-state index contributed by atoms with van der Waals surface area (Å²) in [5.74, 6) is -1.24. The highest BCUT2D eigenvalue weighted by Crippen LogP contribution is 2.55. The number of nitrogens with zero attached hydrogens (tertiary/aromatic N) is 6. The van der Waals surface area contributed by atoms with E-state index in [1.165, 1.54) is 12.3 Å². The molecular formula is C32H35FN6O4. The van der Waals surface area contributed by atoms with Crippen LogP contribution in [0.1, 0.15) is 77.0 Å². The Morgan fingerprint density at radius 3 is 2.67 bits per heavy atom. The number of likely N-dealkylation sites (tertiary alicyclic amines) is 1. The molecule has 1 saturated heterocycles. The highest BCUT2D eigenvalue weighted by Gasteiger charge is 2.46. The lowest BCUT2D eigenvalue weighted by atomic mass is 10.0. The van der Waals surface area contributed by atoms with Crippen LogP contribution in [0.3, 0.4) is 0 Å². The fourth-order valence-corrected chi connectivity index (χ4v) is 6.06. The van der Waals surface area contributed by atoms with Gasteiger partial charge in [0.05, 0.1) is 48.1 Å². The minimum atomic E-state index is -0.565. The molecule has 0 bridgehead atoms. The largest absolute Gasteiger partial charge is 0.462 e. The number of carbonyl (C=O) groups is 2. The van der Waals surface area contributed by atoms with E-state index < -0.39 is 11.8 Å². The van der Waals surface area contributed by atoms with Crippen molar-refractivity contribution >= 4 is 11.9 Å². The van der Waals surface area contributed by atoms with E-state index in [0.29, 0.717) is 42.1 Å². The molecule has 1 aliphatic heterocycles. The van der Waals surface area contributed by atoms with E-state index in [-0.39, 0.29) is 36.0 Å². The van der Waals surface area contributed by atoms with Crippen molar-refractivity contribution in [2.45, 2.75) is 51.0 Å². The smallest absolute Gasteiger partial charge is 0.341 e. The molecule has 3 atom stereocenters. The first-order valence-corrected chi connectivity index (χ1v) is 14.8. The molecular weight excluding hydrogens is 551 g/mol. The molecule has 1 amide bonds. The minimum absolute atomic E-state index is 0.00922. The van der Waals surface area contributed by atoms with Crippen molar-refractivity contribution in [3.05, 3.63) is 83.2 Å². The zero-order valence-electron chi connectivity index (χ0n) is 24.6. The predicted octanol–water partition coefficient (Wildman–Crippen LogP) is 4.90. The molecule has 0 spiro atoms. The van der Waals surface area contributed by atoms with Crippen molar-refractivity contribution in [1.82, 2.24) is 29.7 Å². The zero-order chi connectivity index (χ0) is 30.1. The predicted molar refractivity (Wildman–Crippen MR) is 157 cm³/mol. The third-order valence-corrected chi connectivity index (χ3v) is 8.23. The number of benzene rings is 2. The Labute approximate surface area is 249 Å². The summed E-state index contributed by atoms with van der Waals surface area (Å²) < 4.78 is 30.4. The number of ether oxygens (including phenoxy) is 2. The van der Waals surface area contributed by atoms with Gasteiger partial charge in [0, 0.05) is 43.8 Å². The monoisotopic (exact) mass is 586 g/mol. The van der Waals surface area contributed by atoms with Crippen LogP contribution in [0.4, 0.5) is 4.39 Å². The second-order valence-corrected chi connectivity index (χ2v) is 11.0. The third-order valence-electron chi connectivity index (χ3n) is 8.23. The summed E-state index contributed by atoms with van der Waals surface area (Å²) in [7, 11) is 1.82. The first-order chi connectivity index (χ1) is 20.9. The van der Waals surface area contributed by atoms with E-state index in [4.69, 9.17) is 9.47 Å². The van der Waals surface area contributed by atoms with Crippen molar-refractivity contribution in [3.8, 4) is 16.8 Å². The summed E-state index contributed by atoms with van der Waals surface area (Å²) in [5.41, 5.74) is 3.60. The van der Waals surface area contributed by atoms with Crippen LogP contribution in [0.2, 0.25) is 0 Å². The van der Waals surface area contributed by atoms with Gasteiger partial charge in [-0.05, 0) is 56.9 Å². The van der Waals surface area contributed by atoms with Gasteiger partial charge in [0.25, 0.3) is 5.91 Å². The van der Waals surface area contributed by atoms with E-state index >= 15 is 4.39 Å². The Morgan fingerprint density at radius 1 is 1.07 bits per heavy atom. The van der Waals surface area contributed by atoms with Crippen LogP contribution in [0, 0.1) is 5.82 Å². The molecule has 10 nitrogen and oxygen atoms in total. The van der Waals surface area contributed by atoms with E-state index in [0.717, 1.165) is 30.7 Å². The number of rotatable bonds is 10. The molecule has 1 aliphatic carbocycles. The molecule has 224 valence electrons. The zero-order valence-corrected chi connectivity index (χ0v) is 24.6. The Bertz CT molecular complexity index is 1650. The second kappa shape index (κ2) is 12.1. The van der Waals surface area contributed by atoms with E-state index in [9.17, 15) is 9.59 Å². The van der Waals surface area contributed by atoms with Crippen molar-refractivity contribution < 1.29 is 23.5 Å². The van der Waals surface area contributed by atoms with Gasteiger partial charge in [0.2, 0.25) is 0 Å². The van der Waals surface area contributed by atoms with Crippen LogP contribution in [0.15, 0.2) is 54.9 Å². The molecule has 2 aliphatic rings. The summed E-state index contributed by atoms with van der Waals surface area (Å²) in [6.07, 6.45) is 5.91. The van der Waals surface area contributed by atoms with Crippen molar-refractivity contribution in [2.75, 3.05) is 26.4 Å². The van der Waals surface area contributed by atoms with Crippen LogP contribution in [-0.4, -0.2) is 74.0 Å². The van der Waals surface area contributed by atoms with Gasteiger partial charge in [-0.25, -0.2) is 13.9 Å². The summed E-state index contributed by atoms with van der Waals surface area (Å²) in [6.45, 7) is 5.53. The number of esters is 1. The van der Waals surface area contributed by atoms with Crippen molar-refractivity contribution in [1.29, 1.82) is 0 Å². The molecule has 6 rings (SSSR count). The lowest BCUT2D eigenvalue weighted by molar-refractivity contribution is 0.0524. The molecule has 2 aromatic carbocycles. The normalized spacial score (nSPS) is 19.5. The van der Waals surface area contributed by atoms with Crippen LogP contribution in [-0.2, 0) is 16.5 Å². The Morgan fingerprint density at radius 2 is 1.91 bits per heavy atom. The van der Waals surface area contributed by atoms with Gasteiger partial charge in [-0.15, -0.1) is 5.10 Å². The molecule has 1 saturated carbocycles. The Balaban J connectivity index is 1.33. The maximum absolute atomic E-state index is 16.1. The molecule has 0 N–H and O–H groups in total. The molecule has 43 heavy (non-hydrogen) atoms. The maximum Gasteiger partial charge on any atom is 0.341 e. The molecule has 11 heteroatoms. The first kappa shape index (κ1) is 28.7. The average molecular weight is 587 g/mol. The lowest BCUT2D eigenvalue weighted by Gasteiger charge is -2.25. The van der Waals surface area contributed by atoms with Crippen molar-refractivity contribution in [2.24, 2.45) is 7.05 Å². The van der Waals surface area contributed by atoms with Gasteiger partial charge in [0.15, 0.2) is 0 Å². The third kappa shape index (κ3) is 5.56. The van der Waals surface area contributed by atoms with Crippen molar-refractivity contribution in [3.63, 3.8) is 0 Å². The number of aryl methyl sites for hydroxylation is 1. The topological polar surface area (TPSA) is 104 Å². The molecule has 0 radical (unpaired) electrons. The van der Waals surface area contributed by atoms with Crippen LogP contribution >= 0.6 is 0 Å². The minimum Gasteiger partial charge on any atom is -0.462 e. The summed E-state index contributed by atoms with van der Waals surface area (Å²) in [4.78, 5) is 28.1. The van der Waals surface area contributed by atoms with E-state index in [1.54, 1.807) is 39.4 Å². The quantitative estimate of drug-likeness (QED) is 0.244. The summed E-state index contributed by atoms with van der Waals surface area (Å²) >= 11 is 0. The van der Waals surface area contributed by atoms with Gasteiger partial charge < -0.3 is 14.4 Å². The number of amides is 1. The van der Waals surface area contributed by atoms with Crippen LogP contribution in [0.5, 0.6) is 0 Å². The van der Waals surface area contributed by atoms with Crippen LogP contribution < -0.4 is 0 Å². The molecule has 2 aromatic heterocycles. The van der Waals surface area contributed by atoms with E-state index in [1.807, 2.05) is 38.4 Å². The van der Waals surface area contributed by atoms with Gasteiger partial charge in [-0.2, -0.15) is 5.10 Å². The maximum atomic E-state index is 16.1. The van der Waals surface area contributed by atoms with Gasteiger partial charge in [-0.3, -0.25) is 9.48 Å². The molecule has 3 heterocycles. The molecule has 2 fully saturated rings. The summed E-state index contributed by atoms with van der Waals surface area (Å²) in [5, 5.41) is 12.9. The fourth-order valence-electron chi connectivity index (χ4n) is 6.06.